The average molecular weight is 339 g/mol. The quantitative estimate of drug-likeness (QED) is 0.781. The Kier molecular flexibility index (Phi) is 6.15. The molecule has 1 unspecified atom stereocenters. The van der Waals surface area contributed by atoms with Crippen LogP contribution in [0, 0.1) is 0 Å². The fourth-order valence-electron chi connectivity index (χ4n) is 2.62. The molecule has 0 saturated carbocycles. The number of carbonyl (C=O) groups excluding carboxylic acids is 1. The van der Waals surface area contributed by atoms with Crippen LogP contribution in [0.4, 0.5) is 0 Å². The van der Waals surface area contributed by atoms with E-state index in [1.807, 2.05) is 6.92 Å². The predicted octanol–water partition coefficient (Wildman–Crippen LogP) is 1.21. The molecule has 1 aromatic carbocycles. The first-order chi connectivity index (χ1) is 10.9. The molecular formula is C16H25N3O3S. The minimum absolute atomic E-state index is 0.180. The van der Waals surface area contributed by atoms with E-state index in [2.05, 4.69) is 5.32 Å². The molecule has 128 valence electrons. The van der Waals surface area contributed by atoms with Gasteiger partial charge in [-0.3, -0.25) is 4.79 Å². The van der Waals surface area contributed by atoms with Crippen LogP contribution in [0.5, 0.6) is 0 Å². The van der Waals surface area contributed by atoms with Crippen molar-refractivity contribution in [1.29, 1.82) is 0 Å². The lowest BCUT2D eigenvalue weighted by molar-refractivity contribution is -0.122. The van der Waals surface area contributed by atoms with Gasteiger partial charge in [0, 0.05) is 19.6 Å². The van der Waals surface area contributed by atoms with Gasteiger partial charge in [0.1, 0.15) is 0 Å². The Morgan fingerprint density at radius 3 is 2.43 bits per heavy atom. The second-order valence-electron chi connectivity index (χ2n) is 5.87. The maximum absolute atomic E-state index is 12.4. The molecule has 1 aliphatic heterocycles. The lowest BCUT2D eigenvalue weighted by atomic mass is 10.1. The molecule has 1 fully saturated rings. The molecule has 0 bridgehead atoms. The molecule has 1 amide bonds. The van der Waals surface area contributed by atoms with Gasteiger partial charge in [0.25, 0.3) is 0 Å². The highest BCUT2D eigenvalue weighted by molar-refractivity contribution is 7.89. The Balaban J connectivity index is 1.96. The van der Waals surface area contributed by atoms with Gasteiger partial charge in [-0.15, -0.1) is 0 Å². The smallest absolute Gasteiger partial charge is 0.243 e. The van der Waals surface area contributed by atoms with E-state index in [4.69, 9.17) is 5.73 Å². The van der Waals surface area contributed by atoms with Crippen LogP contribution in [0.2, 0.25) is 0 Å². The van der Waals surface area contributed by atoms with Gasteiger partial charge in [-0.2, -0.15) is 4.31 Å². The Bertz CT molecular complexity index is 622. The fourth-order valence-corrected chi connectivity index (χ4v) is 4.14. The van der Waals surface area contributed by atoms with Crippen LogP contribution >= 0.6 is 0 Å². The number of hydrogen-bond donors (Lipinski definition) is 2. The third-order valence-electron chi connectivity index (χ3n) is 4.03. The molecule has 2 rings (SSSR count). The number of carbonyl (C=O) groups is 1. The summed E-state index contributed by atoms with van der Waals surface area (Å²) in [5.74, 6) is -0.180. The first kappa shape index (κ1) is 17.9. The van der Waals surface area contributed by atoms with Crippen LogP contribution in [0.25, 0.3) is 0 Å². The summed E-state index contributed by atoms with van der Waals surface area (Å²) in [7, 11) is -3.38. The molecule has 1 aliphatic rings. The van der Waals surface area contributed by atoms with E-state index in [-0.39, 0.29) is 5.91 Å². The highest BCUT2D eigenvalue weighted by Gasteiger charge is 2.26. The molecule has 0 radical (unpaired) electrons. The van der Waals surface area contributed by atoms with Gasteiger partial charge in [0.05, 0.1) is 10.9 Å². The molecule has 6 nitrogen and oxygen atoms in total. The van der Waals surface area contributed by atoms with E-state index >= 15 is 0 Å². The van der Waals surface area contributed by atoms with Gasteiger partial charge >= 0.3 is 0 Å². The standard InChI is InChI=1S/C16H25N3O3S/c1-2-5-15(17)16(20)18-12-13-6-8-14(9-7-13)23(21,22)19-10-3-4-11-19/h6-9,15H,2-5,10-12,17H2,1H3,(H,18,20). The number of nitrogens with one attached hydrogen (secondary N) is 1. The summed E-state index contributed by atoms with van der Waals surface area (Å²) in [6, 6.07) is 6.17. The molecule has 0 spiro atoms. The van der Waals surface area contributed by atoms with Crippen molar-refractivity contribution in [2.24, 2.45) is 5.73 Å². The predicted molar refractivity (Wildman–Crippen MR) is 89.2 cm³/mol. The SMILES string of the molecule is CCCC(N)C(=O)NCc1ccc(S(=O)(=O)N2CCCC2)cc1. The number of rotatable bonds is 7. The largest absolute Gasteiger partial charge is 0.351 e. The van der Waals surface area contributed by atoms with Crippen LogP contribution in [0.1, 0.15) is 38.2 Å². The summed E-state index contributed by atoms with van der Waals surface area (Å²) in [6.07, 6.45) is 3.35. The van der Waals surface area contributed by atoms with Crippen LogP contribution < -0.4 is 11.1 Å². The van der Waals surface area contributed by atoms with Gasteiger partial charge in [-0.05, 0) is 37.0 Å². The maximum Gasteiger partial charge on any atom is 0.243 e. The van der Waals surface area contributed by atoms with Crippen molar-refractivity contribution >= 4 is 15.9 Å². The highest BCUT2D eigenvalue weighted by Crippen LogP contribution is 2.21. The first-order valence-electron chi connectivity index (χ1n) is 8.07. The number of amides is 1. The first-order valence-corrected chi connectivity index (χ1v) is 9.51. The summed E-state index contributed by atoms with van der Waals surface area (Å²) < 4.78 is 26.3. The van der Waals surface area contributed by atoms with E-state index < -0.39 is 16.1 Å². The summed E-state index contributed by atoms with van der Waals surface area (Å²) in [4.78, 5) is 12.1. The van der Waals surface area contributed by atoms with Gasteiger partial charge in [-0.1, -0.05) is 25.5 Å². The Hall–Kier alpha value is -1.44. The summed E-state index contributed by atoms with van der Waals surface area (Å²) in [5, 5.41) is 2.77. The molecular weight excluding hydrogens is 314 g/mol. The molecule has 3 N–H and O–H groups in total. The van der Waals surface area contributed by atoms with Crippen LogP contribution in [-0.4, -0.2) is 37.8 Å². The number of sulfonamides is 1. The number of hydrogen-bond acceptors (Lipinski definition) is 4. The van der Waals surface area contributed by atoms with Crippen LogP contribution in [0.15, 0.2) is 29.2 Å². The molecule has 1 heterocycles. The topological polar surface area (TPSA) is 92.5 Å². The van der Waals surface area contributed by atoms with E-state index in [1.54, 1.807) is 24.3 Å². The normalized spacial score (nSPS) is 17.1. The van der Waals surface area contributed by atoms with Crippen molar-refractivity contribution in [2.75, 3.05) is 13.1 Å². The van der Waals surface area contributed by atoms with Crippen molar-refractivity contribution in [2.45, 2.75) is 50.1 Å². The van der Waals surface area contributed by atoms with Gasteiger partial charge < -0.3 is 11.1 Å². The minimum Gasteiger partial charge on any atom is -0.351 e. The van der Waals surface area contributed by atoms with Crippen LogP contribution in [0.3, 0.4) is 0 Å². The number of benzene rings is 1. The van der Waals surface area contributed by atoms with E-state index in [1.165, 1.54) is 4.31 Å². The third-order valence-corrected chi connectivity index (χ3v) is 5.94. The van der Waals surface area contributed by atoms with Crippen LogP contribution in [-0.2, 0) is 21.4 Å². The second kappa shape index (κ2) is 7.90. The lowest BCUT2D eigenvalue weighted by Crippen LogP contribution is -2.40. The summed E-state index contributed by atoms with van der Waals surface area (Å²) >= 11 is 0. The molecule has 0 aliphatic carbocycles. The van der Waals surface area contributed by atoms with Gasteiger partial charge in [-0.25, -0.2) is 8.42 Å². The molecule has 7 heteroatoms. The molecule has 1 aromatic rings. The minimum atomic E-state index is -3.38. The Morgan fingerprint density at radius 1 is 1.26 bits per heavy atom. The molecule has 23 heavy (non-hydrogen) atoms. The monoisotopic (exact) mass is 339 g/mol. The zero-order valence-corrected chi connectivity index (χ0v) is 14.3. The lowest BCUT2D eigenvalue weighted by Gasteiger charge is -2.16. The van der Waals surface area contributed by atoms with Crippen molar-refractivity contribution in [3.63, 3.8) is 0 Å². The Morgan fingerprint density at radius 2 is 1.87 bits per heavy atom. The van der Waals surface area contributed by atoms with E-state index in [9.17, 15) is 13.2 Å². The van der Waals surface area contributed by atoms with E-state index in [0.29, 0.717) is 31.0 Å². The summed E-state index contributed by atoms with van der Waals surface area (Å²) in [5.41, 5.74) is 6.60. The summed E-state index contributed by atoms with van der Waals surface area (Å²) in [6.45, 7) is 3.51. The second-order valence-corrected chi connectivity index (χ2v) is 7.81. The number of nitrogens with two attached hydrogens (primary N) is 1. The zero-order chi connectivity index (χ0) is 16.9. The maximum atomic E-state index is 12.4. The van der Waals surface area contributed by atoms with Crippen molar-refractivity contribution < 1.29 is 13.2 Å². The number of nitrogens with zero attached hydrogens (tertiary/aromatic N) is 1. The van der Waals surface area contributed by atoms with Crippen molar-refractivity contribution in [1.82, 2.24) is 9.62 Å². The zero-order valence-electron chi connectivity index (χ0n) is 13.5. The van der Waals surface area contributed by atoms with Crippen molar-refractivity contribution in [3.8, 4) is 0 Å². The van der Waals surface area contributed by atoms with E-state index in [0.717, 1.165) is 24.8 Å². The average Bonchev–Trinajstić information content (AvgIpc) is 3.08. The van der Waals surface area contributed by atoms with Gasteiger partial charge in [0.15, 0.2) is 0 Å². The molecule has 1 saturated heterocycles. The van der Waals surface area contributed by atoms with Crippen molar-refractivity contribution in [3.05, 3.63) is 29.8 Å². The third kappa shape index (κ3) is 4.53. The van der Waals surface area contributed by atoms with Gasteiger partial charge in [0.2, 0.25) is 15.9 Å². The molecule has 0 aromatic heterocycles. The fraction of sp³-hybridized carbons (Fsp3) is 0.562. The highest BCUT2D eigenvalue weighted by atomic mass is 32.2. The molecule has 1 atom stereocenters. The Labute approximate surface area is 138 Å².